The number of pyridine rings is 1. The van der Waals surface area contributed by atoms with E-state index in [1.54, 1.807) is 22.7 Å². The maximum atomic E-state index is 12.5. The third-order valence-electron chi connectivity index (χ3n) is 3.49. The second kappa shape index (κ2) is 6.84. The molecule has 8 heteroatoms. The van der Waals surface area contributed by atoms with Crippen molar-refractivity contribution in [3.05, 3.63) is 66.1 Å². The minimum atomic E-state index is -4.37. The number of amides is 1. The summed E-state index contributed by atoms with van der Waals surface area (Å²) in [5, 5.41) is 2.68. The molecule has 130 valence electrons. The molecule has 0 radical (unpaired) electrons. The fraction of sp³-hybridized carbons (Fsp3) is 0.176. The van der Waals surface area contributed by atoms with Crippen LogP contribution in [0.5, 0.6) is 5.75 Å². The Bertz CT molecular complexity index is 873. The fourth-order valence-corrected chi connectivity index (χ4v) is 2.26. The minimum absolute atomic E-state index is 0.133. The standard InChI is InChI=1S/C17H14F3N3O2/c18-17(19,20)12-4-6-13(7-5-12)25-10-8-21-16(24)14-11-22-15-3-1-2-9-23(14)15/h1-7,9,11H,8,10H2,(H,21,24). The Balaban J connectivity index is 1.51. The van der Waals surface area contributed by atoms with Crippen LogP contribution in [-0.2, 0) is 6.18 Å². The van der Waals surface area contributed by atoms with Gasteiger partial charge in [-0.1, -0.05) is 6.07 Å². The molecule has 2 heterocycles. The van der Waals surface area contributed by atoms with E-state index < -0.39 is 11.7 Å². The van der Waals surface area contributed by atoms with E-state index in [0.717, 1.165) is 12.1 Å². The Labute approximate surface area is 141 Å². The van der Waals surface area contributed by atoms with E-state index in [-0.39, 0.29) is 19.1 Å². The molecular formula is C17H14F3N3O2. The lowest BCUT2D eigenvalue weighted by Gasteiger charge is -2.10. The number of carbonyl (C=O) groups excluding carboxylic acids is 1. The van der Waals surface area contributed by atoms with Crippen LogP contribution in [0.1, 0.15) is 16.1 Å². The van der Waals surface area contributed by atoms with Crippen LogP contribution in [0.15, 0.2) is 54.9 Å². The van der Waals surface area contributed by atoms with E-state index in [9.17, 15) is 18.0 Å². The highest BCUT2D eigenvalue weighted by Crippen LogP contribution is 2.30. The zero-order valence-electron chi connectivity index (χ0n) is 13.0. The smallest absolute Gasteiger partial charge is 0.416 e. The molecule has 0 aliphatic rings. The first-order valence-corrected chi connectivity index (χ1v) is 7.45. The largest absolute Gasteiger partial charge is 0.492 e. The molecule has 0 unspecified atom stereocenters. The Morgan fingerprint density at radius 1 is 1.16 bits per heavy atom. The summed E-state index contributed by atoms with van der Waals surface area (Å²) in [6, 6.07) is 9.79. The Hall–Kier alpha value is -3.03. The van der Waals surface area contributed by atoms with Crippen LogP contribution in [0.2, 0.25) is 0 Å². The summed E-state index contributed by atoms with van der Waals surface area (Å²) in [6.07, 6.45) is -1.17. The van der Waals surface area contributed by atoms with Gasteiger partial charge in [-0.3, -0.25) is 9.20 Å². The Kier molecular flexibility index (Phi) is 4.60. The molecule has 0 spiro atoms. The molecule has 0 aliphatic carbocycles. The van der Waals surface area contributed by atoms with Crippen molar-refractivity contribution in [2.24, 2.45) is 0 Å². The van der Waals surface area contributed by atoms with Gasteiger partial charge in [0.2, 0.25) is 0 Å². The van der Waals surface area contributed by atoms with Crippen molar-refractivity contribution in [1.29, 1.82) is 0 Å². The number of aromatic nitrogens is 2. The maximum Gasteiger partial charge on any atom is 0.416 e. The van der Waals surface area contributed by atoms with Crippen LogP contribution in [0, 0.1) is 0 Å². The highest BCUT2D eigenvalue weighted by molar-refractivity contribution is 5.93. The van der Waals surface area contributed by atoms with E-state index in [1.165, 1.54) is 18.3 Å². The van der Waals surface area contributed by atoms with Gasteiger partial charge in [0.1, 0.15) is 23.7 Å². The van der Waals surface area contributed by atoms with E-state index >= 15 is 0 Å². The highest BCUT2D eigenvalue weighted by Gasteiger charge is 2.29. The summed E-state index contributed by atoms with van der Waals surface area (Å²) >= 11 is 0. The molecule has 0 bridgehead atoms. The molecule has 3 rings (SSSR count). The molecule has 0 atom stereocenters. The molecule has 0 saturated carbocycles. The number of nitrogens with one attached hydrogen (secondary N) is 1. The van der Waals surface area contributed by atoms with Crippen molar-refractivity contribution >= 4 is 11.6 Å². The zero-order valence-corrected chi connectivity index (χ0v) is 13.0. The van der Waals surface area contributed by atoms with E-state index in [1.807, 2.05) is 6.07 Å². The number of hydrogen-bond donors (Lipinski definition) is 1. The van der Waals surface area contributed by atoms with E-state index in [0.29, 0.717) is 17.1 Å². The monoisotopic (exact) mass is 349 g/mol. The summed E-state index contributed by atoms with van der Waals surface area (Å²) in [4.78, 5) is 16.3. The van der Waals surface area contributed by atoms with Crippen LogP contribution in [0.3, 0.4) is 0 Å². The number of imidazole rings is 1. The molecule has 1 amide bonds. The molecule has 1 aromatic carbocycles. The average Bonchev–Trinajstić information content (AvgIpc) is 3.02. The second-order valence-electron chi connectivity index (χ2n) is 5.20. The number of ether oxygens (including phenoxy) is 1. The van der Waals surface area contributed by atoms with Gasteiger partial charge in [0, 0.05) is 6.20 Å². The molecule has 1 N–H and O–H groups in total. The lowest BCUT2D eigenvalue weighted by atomic mass is 10.2. The molecule has 2 aromatic heterocycles. The Morgan fingerprint density at radius 2 is 1.92 bits per heavy atom. The van der Waals surface area contributed by atoms with Crippen molar-refractivity contribution in [2.75, 3.05) is 13.2 Å². The van der Waals surface area contributed by atoms with Gasteiger partial charge in [-0.05, 0) is 36.4 Å². The number of nitrogens with zero attached hydrogens (tertiary/aromatic N) is 2. The van der Waals surface area contributed by atoms with E-state index in [4.69, 9.17) is 4.74 Å². The summed E-state index contributed by atoms with van der Waals surface area (Å²) in [5.41, 5.74) is 0.319. The predicted molar refractivity (Wildman–Crippen MR) is 84.5 cm³/mol. The Morgan fingerprint density at radius 3 is 2.64 bits per heavy atom. The van der Waals surface area contributed by atoms with Gasteiger partial charge in [0.05, 0.1) is 18.3 Å². The highest BCUT2D eigenvalue weighted by atomic mass is 19.4. The van der Waals surface area contributed by atoms with Crippen LogP contribution in [0.4, 0.5) is 13.2 Å². The van der Waals surface area contributed by atoms with Gasteiger partial charge >= 0.3 is 6.18 Å². The van der Waals surface area contributed by atoms with Crippen molar-refractivity contribution in [3.63, 3.8) is 0 Å². The molecule has 0 fully saturated rings. The molecule has 3 aromatic rings. The summed E-state index contributed by atoms with van der Waals surface area (Å²) < 4.78 is 44.4. The van der Waals surface area contributed by atoms with Gasteiger partial charge in [-0.15, -0.1) is 0 Å². The van der Waals surface area contributed by atoms with Crippen molar-refractivity contribution in [2.45, 2.75) is 6.18 Å². The van der Waals surface area contributed by atoms with Crippen LogP contribution in [0.25, 0.3) is 5.65 Å². The first kappa shape index (κ1) is 16.8. The van der Waals surface area contributed by atoms with Gasteiger partial charge in [-0.2, -0.15) is 13.2 Å². The molecule has 5 nitrogen and oxygen atoms in total. The topological polar surface area (TPSA) is 55.6 Å². The van der Waals surface area contributed by atoms with Crippen molar-refractivity contribution < 1.29 is 22.7 Å². The van der Waals surface area contributed by atoms with Crippen molar-refractivity contribution in [1.82, 2.24) is 14.7 Å². The fourth-order valence-electron chi connectivity index (χ4n) is 2.26. The van der Waals surface area contributed by atoms with Crippen LogP contribution >= 0.6 is 0 Å². The van der Waals surface area contributed by atoms with Gasteiger partial charge in [0.15, 0.2) is 0 Å². The molecule has 0 aliphatic heterocycles. The molecule has 25 heavy (non-hydrogen) atoms. The van der Waals surface area contributed by atoms with Crippen LogP contribution < -0.4 is 10.1 Å². The van der Waals surface area contributed by atoms with E-state index in [2.05, 4.69) is 10.3 Å². The van der Waals surface area contributed by atoms with Gasteiger partial charge < -0.3 is 10.1 Å². The zero-order chi connectivity index (χ0) is 17.9. The number of hydrogen-bond acceptors (Lipinski definition) is 3. The average molecular weight is 349 g/mol. The quantitative estimate of drug-likeness (QED) is 0.720. The summed E-state index contributed by atoms with van der Waals surface area (Å²) in [6.45, 7) is 0.341. The second-order valence-corrected chi connectivity index (χ2v) is 5.20. The first-order chi connectivity index (χ1) is 11.9. The number of carbonyl (C=O) groups is 1. The van der Waals surface area contributed by atoms with Crippen LogP contribution in [-0.4, -0.2) is 28.4 Å². The lowest BCUT2D eigenvalue weighted by Crippen LogP contribution is -2.29. The van der Waals surface area contributed by atoms with Gasteiger partial charge in [0.25, 0.3) is 5.91 Å². The number of benzene rings is 1. The normalized spacial score (nSPS) is 11.5. The molecule has 0 saturated heterocycles. The predicted octanol–water partition coefficient (Wildman–Crippen LogP) is 3.16. The third kappa shape index (κ3) is 3.90. The lowest BCUT2D eigenvalue weighted by molar-refractivity contribution is -0.137. The number of halogens is 3. The molecular weight excluding hydrogens is 335 g/mol. The number of alkyl halides is 3. The number of rotatable bonds is 5. The first-order valence-electron chi connectivity index (χ1n) is 7.45. The van der Waals surface area contributed by atoms with Gasteiger partial charge in [-0.25, -0.2) is 4.98 Å². The SMILES string of the molecule is O=C(NCCOc1ccc(C(F)(F)F)cc1)c1cnc2ccccn12. The van der Waals surface area contributed by atoms with Crippen molar-refractivity contribution in [3.8, 4) is 5.75 Å². The third-order valence-corrected chi connectivity index (χ3v) is 3.49. The number of fused-ring (bicyclic) bond motifs is 1. The summed E-state index contributed by atoms with van der Waals surface area (Å²) in [5.74, 6) is -0.00762. The minimum Gasteiger partial charge on any atom is -0.492 e. The summed E-state index contributed by atoms with van der Waals surface area (Å²) in [7, 11) is 0. The maximum absolute atomic E-state index is 12.5.